The standard InChI is InChI=1S/C24H18ClN3O2/c25-17-12-14-19(15-13-17)30-24-20(9-6-16-26-24)23(29)28-22-11-5-4-10-21(22)27-18-7-2-1-3-8-18/h1-16,27H,(H,28,29). The van der Waals surface area contributed by atoms with Crippen LogP contribution in [-0.4, -0.2) is 10.9 Å². The highest BCUT2D eigenvalue weighted by molar-refractivity contribution is 6.30. The third-order valence-electron chi connectivity index (χ3n) is 4.27. The second-order valence-corrected chi connectivity index (χ2v) is 6.84. The van der Waals surface area contributed by atoms with E-state index in [-0.39, 0.29) is 11.8 Å². The average Bonchev–Trinajstić information content (AvgIpc) is 2.78. The second kappa shape index (κ2) is 9.11. The van der Waals surface area contributed by atoms with E-state index in [0.29, 0.717) is 22.0 Å². The Kier molecular flexibility index (Phi) is 5.92. The topological polar surface area (TPSA) is 63.2 Å². The lowest BCUT2D eigenvalue weighted by molar-refractivity contribution is 0.102. The van der Waals surface area contributed by atoms with Gasteiger partial charge in [0.05, 0.1) is 11.4 Å². The number of amides is 1. The summed E-state index contributed by atoms with van der Waals surface area (Å²) >= 11 is 5.92. The zero-order valence-electron chi connectivity index (χ0n) is 15.9. The molecule has 5 nitrogen and oxygen atoms in total. The molecule has 0 atom stereocenters. The Hall–Kier alpha value is -3.83. The molecule has 2 N–H and O–H groups in total. The Morgan fingerprint density at radius 3 is 2.27 bits per heavy atom. The van der Waals surface area contributed by atoms with Crippen molar-refractivity contribution >= 4 is 34.6 Å². The van der Waals surface area contributed by atoms with E-state index < -0.39 is 0 Å². The summed E-state index contributed by atoms with van der Waals surface area (Å²) in [6.07, 6.45) is 1.58. The highest BCUT2D eigenvalue weighted by atomic mass is 35.5. The zero-order chi connectivity index (χ0) is 20.8. The number of nitrogens with zero attached hydrogens (tertiary/aromatic N) is 1. The highest BCUT2D eigenvalue weighted by Crippen LogP contribution is 2.28. The van der Waals surface area contributed by atoms with Crippen LogP contribution in [0.4, 0.5) is 17.1 Å². The van der Waals surface area contributed by atoms with Crippen molar-refractivity contribution in [3.05, 3.63) is 108 Å². The van der Waals surface area contributed by atoms with Gasteiger partial charge in [0.1, 0.15) is 11.3 Å². The van der Waals surface area contributed by atoms with Crippen LogP contribution in [0.25, 0.3) is 0 Å². The molecule has 30 heavy (non-hydrogen) atoms. The van der Waals surface area contributed by atoms with Gasteiger partial charge < -0.3 is 15.4 Å². The maximum absolute atomic E-state index is 13.0. The molecule has 148 valence electrons. The molecular formula is C24H18ClN3O2. The molecule has 3 aromatic carbocycles. The predicted molar refractivity (Wildman–Crippen MR) is 120 cm³/mol. The summed E-state index contributed by atoms with van der Waals surface area (Å²) < 4.78 is 5.80. The van der Waals surface area contributed by atoms with Gasteiger partial charge in [0.2, 0.25) is 5.88 Å². The second-order valence-electron chi connectivity index (χ2n) is 6.40. The van der Waals surface area contributed by atoms with Crippen LogP contribution in [0.1, 0.15) is 10.4 Å². The summed E-state index contributed by atoms with van der Waals surface area (Å²) in [5.41, 5.74) is 2.67. The Balaban J connectivity index is 1.56. The Morgan fingerprint density at radius 1 is 0.800 bits per heavy atom. The van der Waals surface area contributed by atoms with E-state index in [9.17, 15) is 4.79 Å². The number of nitrogens with one attached hydrogen (secondary N) is 2. The number of benzene rings is 3. The van der Waals surface area contributed by atoms with Crippen molar-refractivity contribution in [1.29, 1.82) is 0 Å². The van der Waals surface area contributed by atoms with Crippen LogP contribution in [0.15, 0.2) is 97.2 Å². The van der Waals surface area contributed by atoms with Gasteiger partial charge in [0.15, 0.2) is 0 Å². The molecule has 0 spiro atoms. The maximum atomic E-state index is 13.0. The van der Waals surface area contributed by atoms with Crippen LogP contribution >= 0.6 is 11.6 Å². The van der Waals surface area contributed by atoms with Crippen molar-refractivity contribution in [3.63, 3.8) is 0 Å². The lowest BCUT2D eigenvalue weighted by atomic mass is 10.2. The number of carbonyl (C=O) groups is 1. The summed E-state index contributed by atoms with van der Waals surface area (Å²) in [5.74, 6) is 0.429. The van der Waals surface area contributed by atoms with E-state index in [1.807, 2.05) is 54.6 Å². The summed E-state index contributed by atoms with van der Waals surface area (Å²) in [7, 11) is 0. The molecule has 6 heteroatoms. The van der Waals surface area contributed by atoms with Gasteiger partial charge in [0, 0.05) is 16.9 Å². The van der Waals surface area contributed by atoms with Crippen molar-refractivity contribution in [2.45, 2.75) is 0 Å². The van der Waals surface area contributed by atoms with E-state index in [1.54, 1.807) is 42.6 Å². The smallest absolute Gasteiger partial charge is 0.261 e. The van der Waals surface area contributed by atoms with Crippen molar-refractivity contribution < 1.29 is 9.53 Å². The molecule has 0 aliphatic rings. The molecule has 0 bridgehead atoms. The average molecular weight is 416 g/mol. The molecule has 0 fully saturated rings. The summed E-state index contributed by atoms with van der Waals surface area (Å²) in [6, 6.07) is 27.5. The van der Waals surface area contributed by atoms with Gasteiger partial charge in [-0.2, -0.15) is 0 Å². The normalized spacial score (nSPS) is 10.3. The van der Waals surface area contributed by atoms with Crippen molar-refractivity contribution in [2.24, 2.45) is 0 Å². The fourth-order valence-electron chi connectivity index (χ4n) is 2.83. The van der Waals surface area contributed by atoms with Gasteiger partial charge in [-0.25, -0.2) is 4.98 Å². The number of pyridine rings is 1. The molecule has 4 rings (SSSR count). The summed E-state index contributed by atoms with van der Waals surface area (Å²) in [6.45, 7) is 0. The third-order valence-corrected chi connectivity index (χ3v) is 4.52. The number of anilines is 3. The molecule has 0 saturated heterocycles. The van der Waals surface area contributed by atoms with Crippen LogP contribution < -0.4 is 15.4 Å². The molecule has 0 aliphatic heterocycles. The largest absolute Gasteiger partial charge is 0.438 e. The van der Waals surface area contributed by atoms with E-state index in [1.165, 1.54) is 0 Å². The van der Waals surface area contributed by atoms with Crippen LogP contribution in [0, 0.1) is 0 Å². The minimum Gasteiger partial charge on any atom is -0.438 e. The molecule has 0 unspecified atom stereocenters. The number of carbonyl (C=O) groups excluding carboxylic acids is 1. The molecule has 1 heterocycles. The van der Waals surface area contributed by atoms with Gasteiger partial charge in [0.25, 0.3) is 5.91 Å². The number of halogens is 1. The molecule has 1 aromatic heterocycles. The molecule has 1 amide bonds. The monoisotopic (exact) mass is 415 g/mol. The summed E-state index contributed by atoms with van der Waals surface area (Å²) in [5, 5.41) is 6.86. The van der Waals surface area contributed by atoms with Crippen LogP contribution in [-0.2, 0) is 0 Å². The van der Waals surface area contributed by atoms with E-state index in [0.717, 1.165) is 11.4 Å². The number of para-hydroxylation sites is 3. The minimum atomic E-state index is -0.325. The van der Waals surface area contributed by atoms with Gasteiger partial charge >= 0.3 is 0 Å². The van der Waals surface area contributed by atoms with E-state index in [4.69, 9.17) is 16.3 Å². The van der Waals surface area contributed by atoms with E-state index in [2.05, 4.69) is 15.6 Å². The summed E-state index contributed by atoms with van der Waals surface area (Å²) in [4.78, 5) is 17.2. The highest BCUT2D eigenvalue weighted by Gasteiger charge is 2.16. The molecule has 0 radical (unpaired) electrons. The number of aromatic nitrogens is 1. The predicted octanol–water partition coefficient (Wildman–Crippen LogP) is 6.52. The number of rotatable bonds is 6. The van der Waals surface area contributed by atoms with Crippen molar-refractivity contribution in [3.8, 4) is 11.6 Å². The molecule has 0 saturated carbocycles. The molecule has 4 aromatic rings. The zero-order valence-corrected chi connectivity index (χ0v) is 16.6. The number of hydrogen-bond donors (Lipinski definition) is 2. The first-order valence-electron chi connectivity index (χ1n) is 9.30. The number of hydrogen-bond acceptors (Lipinski definition) is 4. The van der Waals surface area contributed by atoms with Crippen molar-refractivity contribution in [2.75, 3.05) is 10.6 Å². The minimum absolute atomic E-state index is 0.214. The first kappa shape index (κ1) is 19.5. The van der Waals surface area contributed by atoms with Crippen LogP contribution in [0.5, 0.6) is 11.6 Å². The van der Waals surface area contributed by atoms with Gasteiger partial charge in [-0.15, -0.1) is 0 Å². The lowest BCUT2D eigenvalue weighted by Gasteiger charge is -2.14. The first-order valence-corrected chi connectivity index (χ1v) is 9.68. The molecule has 0 aliphatic carbocycles. The maximum Gasteiger partial charge on any atom is 0.261 e. The fraction of sp³-hybridized carbons (Fsp3) is 0. The quantitative estimate of drug-likeness (QED) is 0.376. The van der Waals surface area contributed by atoms with E-state index >= 15 is 0 Å². The van der Waals surface area contributed by atoms with Gasteiger partial charge in [-0.3, -0.25) is 4.79 Å². The van der Waals surface area contributed by atoms with Gasteiger partial charge in [-0.05, 0) is 60.7 Å². The van der Waals surface area contributed by atoms with Gasteiger partial charge in [-0.1, -0.05) is 41.9 Å². The molecular weight excluding hydrogens is 398 g/mol. The number of ether oxygens (including phenoxy) is 1. The first-order chi connectivity index (χ1) is 14.7. The Bertz CT molecular complexity index is 1150. The fourth-order valence-corrected chi connectivity index (χ4v) is 2.95. The van der Waals surface area contributed by atoms with Crippen LogP contribution in [0.2, 0.25) is 5.02 Å². The lowest BCUT2D eigenvalue weighted by Crippen LogP contribution is -2.14. The van der Waals surface area contributed by atoms with Crippen LogP contribution in [0.3, 0.4) is 0 Å². The SMILES string of the molecule is O=C(Nc1ccccc1Nc1ccccc1)c1cccnc1Oc1ccc(Cl)cc1. The van der Waals surface area contributed by atoms with Crippen molar-refractivity contribution in [1.82, 2.24) is 4.98 Å². The Morgan fingerprint density at radius 2 is 1.50 bits per heavy atom. The third kappa shape index (κ3) is 4.77. The Labute approximate surface area is 179 Å².